The van der Waals surface area contributed by atoms with Gasteiger partial charge in [-0.25, -0.2) is 0 Å². The molecule has 0 unspecified atom stereocenters. The highest BCUT2D eigenvalue weighted by Gasteiger charge is 1.93. The second-order valence-corrected chi connectivity index (χ2v) is 3.91. The van der Waals surface area contributed by atoms with Gasteiger partial charge >= 0.3 is 0 Å². The summed E-state index contributed by atoms with van der Waals surface area (Å²) in [5.41, 5.74) is 1.18. The van der Waals surface area contributed by atoms with Gasteiger partial charge in [-0.3, -0.25) is 4.98 Å². The summed E-state index contributed by atoms with van der Waals surface area (Å²) in [6, 6.07) is 2.06. The molecular formula is C11H13BrN2. The van der Waals surface area contributed by atoms with Crippen LogP contribution in [0.5, 0.6) is 0 Å². The van der Waals surface area contributed by atoms with Gasteiger partial charge in [-0.2, -0.15) is 0 Å². The Morgan fingerprint density at radius 2 is 2.36 bits per heavy atom. The van der Waals surface area contributed by atoms with Crippen LogP contribution in [0.1, 0.15) is 18.4 Å². The van der Waals surface area contributed by atoms with Gasteiger partial charge < -0.3 is 5.32 Å². The molecule has 1 heterocycles. The number of hydrogen-bond donors (Lipinski definition) is 1. The van der Waals surface area contributed by atoms with Crippen molar-refractivity contribution in [3.63, 3.8) is 0 Å². The van der Waals surface area contributed by atoms with Crippen LogP contribution in [0, 0.1) is 12.3 Å². The molecule has 0 bridgehead atoms. The van der Waals surface area contributed by atoms with Gasteiger partial charge in [0.05, 0.1) is 0 Å². The molecule has 0 saturated carbocycles. The van der Waals surface area contributed by atoms with Crippen LogP contribution in [0.15, 0.2) is 22.9 Å². The van der Waals surface area contributed by atoms with Crippen molar-refractivity contribution in [1.82, 2.24) is 10.3 Å². The molecular weight excluding hydrogens is 240 g/mol. The summed E-state index contributed by atoms with van der Waals surface area (Å²) in [6.45, 7) is 1.80. The molecule has 1 N–H and O–H groups in total. The SMILES string of the molecule is C#CCCCNCc1cncc(Br)c1. The number of terminal acetylenes is 1. The molecule has 14 heavy (non-hydrogen) atoms. The summed E-state index contributed by atoms with van der Waals surface area (Å²) in [7, 11) is 0. The van der Waals surface area contributed by atoms with E-state index in [-0.39, 0.29) is 0 Å². The van der Waals surface area contributed by atoms with E-state index in [2.05, 4.69) is 38.2 Å². The molecule has 0 spiro atoms. The highest BCUT2D eigenvalue weighted by Crippen LogP contribution is 2.08. The zero-order chi connectivity index (χ0) is 10.2. The topological polar surface area (TPSA) is 24.9 Å². The fraction of sp³-hybridized carbons (Fsp3) is 0.364. The van der Waals surface area contributed by atoms with Gasteiger partial charge in [0.2, 0.25) is 0 Å². The van der Waals surface area contributed by atoms with Crippen LogP contribution in [0.3, 0.4) is 0 Å². The van der Waals surface area contributed by atoms with Crippen molar-refractivity contribution in [2.24, 2.45) is 0 Å². The Kier molecular flexibility index (Phi) is 5.28. The highest BCUT2D eigenvalue weighted by molar-refractivity contribution is 9.10. The maximum Gasteiger partial charge on any atom is 0.0410 e. The molecule has 0 aromatic carbocycles. The summed E-state index contributed by atoms with van der Waals surface area (Å²) in [4.78, 5) is 4.08. The van der Waals surface area contributed by atoms with Crippen molar-refractivity contribution in [2.75, 3.05) is 6.54 Å². The number of rotatable bonds is 5. The van der Waals surface area contributed by atoms with Crippen molar-refractivity contribution in [3.05, 3.63) is 28.5 Å². The average Bonchev–Trinajstić information content (AvgIpc) is 2.18. The molecule has 0 aliphatic carbocycles. The molecule has 3 heteroatoms. The summed E-state index contributed by atoms with van der Waals surface area (Å²) in [5.74, 6) is 2.62. The molecule has 0 aliphatic rings. The van der Waals surface area contributed by atoms with Gasteiger partial charge in [0.15, 0.2) is 0 Å². The number of unbranched alkanes of at least 4 members (excludes halogenated alkanes) is 1. The number of aromatic nitrogens is 1. The minimum atomic E-state index is 0.837. The summed E-state index contributed by atoms with van der Waals surface area (Å²) in [6.07, 6.45) is 10.7. The Hall–Kier alpha value is -0.850. The largest absolute Gasteiger partial charge is 0.313 e. The second kappa shape index (κ2) is 6.58. The third-order valence-corrected chi connectivity index (χ3v) is 2.20. The molecule has 0 aliphatic heterocycles. The standard InChI is InChI=1S/C11H13BrN2/c1-2-3-4-5-13-7-10-6-11(12)9-14-8-10/h1,6,8-9,13H,3-5,7H2. The van der Waals surface area contributed by atoms with E-state index < -0.39 is 0 Å². The van der Waals surface area contributed by atoms with E-state index in [1.165, 1.54) is 5.56 Å². The molecule has 0 atom stereocenters. The first-order chi connectivity index (χ1) is 6.83. The third kappa shape index (κ3) is 4.40. The molecule has 0 fully saturated rings. The van der Waals surface area contributed by atoms with Crippen molar-refractivity contribution in [2.45, 2.75) is 19.4 Å². The van der Waals surface area contributed by atoms with Crippen molar-refractivity contribution in [3.8, 4) is 12.3 Å². The predicted octanol–water partition coefficient (Wildman–Crippen LogP) is 2.35. The molecule has 0 amide bonds. The quantitative estimate of drug-likeness (QED) is 0.643. The van der Waals surface area contributed by atoms with E-state index in [9.17, 15) is 0 Å². The van der Waals surface area contributed by atoms with Crippen LogP contribution in [0.25, 0.3) is 0 Å². The molecule has 0 radical (unpaired) electrons. The van der Waals surface area contributed by atoms with Gasteiger partial charge in [0.25, 0.3) is 0 Å². The number of nitrogens with zero attached hydrogens (tertiary/aromatic N) is 1. The lowest BCUT2D eigenvalue weighted by Crippen LogP contribution is -2.14. The van der Waals surface area contributed by atoms with Crippen LogP contribution < -0.4 is 5.32 Å². The van der Waals surface area contributed by atoms with Gasteiger partial charge in [0.1, 0.15) is 0 Å². The van der Waals surface area contributed by atoms with E-state index in [1.54, 1.807) is 6.20 Å². The van der Waals surface area contributed by atoms with Crippen LogP contribution >= 0.6 is 15.9 Å². The fourth-order valence-corrected chi connectivity index (χ4v) is 1.51. The zero-order valence-corrected chi connectivity index (χ0v) is 9.55. The predicted molar refractivity (Wildman–Crippen MR) is 61.7 cm³/mol. The van der Waals surface area contributed by atoms with Crippen molar-refractivity contribution < 1.29 is 0 Å². The normalized spacial score (nSPS) is 9.71. The first kappa shape index (κ1) is 11.2. The Balaban J connectivity index is 2.22. The summed E-state index contributed by atoms with van der Waals surface area (Å²) in [5, 5.41) is 3.31. The fourth-order valence-electron chi connectivity index (χ4n) is 1.10. The van der Waals surface area contributed by atoms with E-state index >= 15 is 0 Å². The Labute approximate surface area is 93.3 Å². The van der Waals surface area contributed by atoms with Crippen LogP contribution in [0.2, 0.25) is 0 Å². The van der Waals surface area contributed by atoms with Crippen molar-refractivity contribution in [1.29, 1.82) is 0 Å². The average molecular weight is 253 g/mol. The number of hydrogen-bond acceptors (Lipinski definition) is 2. The van der Waals surface area contributed by atoms with Gasteiger partial charge in [-0.1, -0.05) is 0 Å². The van der Waals surface area contributed by atoms with E-state index in [0.717, 1.165) is 30.4 Å². The molecule has 74 valence electrons. The van der Waals surface area contributed by atoms with Crippen LogP contribution in [-0.4, -0.2) is 11.5 Å². The Bertz CT molecular complexity index is 317. The lowest BCUT2D eigenvalue weighted by Gasteiger charge is -2.03. The third-order valence-electron chi connectivity index (χ3n) is 1.77. The van der Waals surface area contributed by atoms with Crippen LogP contribution in [-0.2, 0) is 6.54 Å². The highest BCUT2D eigenvalue weighted by atomic mass is 79.9. The maximum absolute atomic E-state index is 5.15. The lowest BCUT2D eigenvalue weighted by molar-refractivity contribution is 0.657. The van der Waals surface area contributed by atoms with E-state index in [4.69, 9.17) is 6.42 Å². The van der Waals surface area contributed by atoms with E-state index in [0.29, 0.717) is 0 Å². The molecule has 1 aromatic rings. The summed E-state index contributed by atoms with van der Waals surface area (Å²) >= 11 is 3.38. The van der Waals surface area contributed by atoms with Crippen molar-refractivity contribution >= 4 is 15.9 Å². The molecule has 2 nitrogen and oxygen atoms in total. The molecule has 1 rings (SSSR count). The first-order valence-corrected chi connectivity index (χ1v) is 5.36. The monoisotopic (exact) mass is 252 g/mol. The summed E-state index contributed by atoms with van der Waals surface area (Å²) < 4.78 is 1.01. The minimum absolute atomic E-state index is 0.837. The maximum atomic E-state index is 5.15. The second-order valence-electron chi connectivity index (χ2n) is 3.00. The Morgan fingerprint density at radius 1 is 1.50 bits per heavy atom. The molecule has 0 saturated heterocycles. The number of halogens is 1. The van der Waals surface area contributed by atoms with Crippen LogP contribution in [0.4, 0.5) is 0 Å². The van der Waals surface area contributed by atoms with E-state index in [1.807, 2.05) is 6.20 Å². The van der Waals surface area contributed by atoms with Gasteiger partial charge in [-0.15, -0.1) is 12.3 Å². The minimum Gasteiger partial charge on any atom is -0.313 e. The number of nitrogens with one attached hydrogen (secondary N) is 1. The molecule has 1 aromatic heterocycles. The van der Waals surface area contributed by atoms with Gasteiger partial charge in [0, 0.05) is 29.8 Å². The Morgan fingerprint density at radius 3 is 3.07 bits per heavy atom. The van der Waals surface area contributed by atoms with Gasteiger partial charge in [-0.05, 0) is 40.5 Å². The smallest absolute Gasteiger partial charge is 0.0410 e. The zero-order valence-electron chi connectivity index (χ0n) is 7.96. The number of pyridine rings is 1. The lowest BCUT2D eigenvalue weighted by atomic mass is 10.2. The first-order valence-electron chi connectivity index (χ1n) is 4.56.